The van der Waals surface area contributed by atoms with Crippen molar-refractivity contribution in [2.24, 2.45) is 0 Å². The van der Waals surface area contributed by atoms with E-state index in [-0.39, 0.29) is 19.1 Å². The Morgan fingerprint density at radius 2 is 1.42 bits per heavy atom. The molecule has 4 aromatic rings. The fraction of sp³-hybridized carbons (Fsp3) is 0.226. The van der Waals surface area contributed by atoms with Crippen LogP contribution in [0, 0.1) is 13.8 Å². The number of esters is 1. The van der Waals surface area contributed by atoms with E-state index in [1.54, 1.807) is 13.0 Å². The molecule has 0 heterocycles. The molecule has 0 saturated carbocycles. The van der Waals surface area contributed by atoms with Crippen LogP contribution in [0.5, 0.6) is 0 Å². The Bertz CT molecular complexity index is 1370. The molecule has 184 valence electrons. The fourth-order valence-electron chi connectivity index (χ4n) is 4.44. The van der Waals surface area contributed by atoms with Crippen molar-refractivity contribution < 1.29 is 19.4 Å². The predicted molar refractivity (Wildman–Crippen MR) is 141 cm³/mol. The van der Waals surface area contributed by atoms with Gasteiger partial charge in [0.1, 0.15) is 6.61 Å². The second-order valence-electron chi connectivity index (χ2n) is 9.28. The monoisotopic (exact) mass is 481 g/mol. The van der Waals surface area contributed by atoms with Crippen LogP contribution >= 0.6 is 0 Å². The number of aliphatic hydroxyl groups is 1. The largest absolute Gasteiger partial charge is 0.457 e. The number of carbonyl (C=O) groups is 2. The first-order valence-electron chi connectivity index (χ1n) is 12.0. The molecule has 1 N–H and O–H groups in total. The lowest BCUT2D eigenvalue weighted by Gasteiger charge is -2.22. The molecule has 0 aliphatic heterocycles. The van der Waals surface area contributed by atoms with E-state index in [4.69, 9.17) is 4.74 Å². The molecule has 0 aromatic heterocycles. The zero-order valence-corrected chi connectivity index (χ0v) is 21.0. The van der Waals surface area contributed by atoms with Gasteiger partial charge in [0.05, 0.1) is 12.2 Å². The Morgan fingerprint density at radius 3 is 2.08 bits per heavy atom. The molecule has 4 aromatic carbocycles. The van der Waals surface area contributed by atoms with E-state index in [1.807, 2.05) is 59.5 Å². The van der Waals surface area contributed by atoms with Crippen molar-refractivity contribution in [3.05, 3.63) is 118 Å². The zero-order chi connectivity index (χ0) is 25.7. The molecule has 0 radical (unpaired) electrons. The molecule has 5 heteroatoms. The first kappa shape index (κ1) is 25.1. The van der Waals surface area contributed by atoms with Gasteiger partial charge in [-0.3, -0.25) is 4.79 Å². The predicted octanol–water partition coefficient (Wildman–Crippen LogP) is 5.85. The molecule has 36 heavy (non-hydrogen) atoms. The van der Waals surface area contributed by atoms with Gasteiger partial charge in [-0.25, -0.2) is 4.79 Å². The van der Waals surface area contributed by atoms with Gasteiger partial charge in [0.2, 0.25) is 5.91 Å². The molecule has 0 saturated heterocycles. The minimum absolute atomic E-state index is 0.0200. The molecule has 0 atom stereocenters. The number of benzene rings is 4. The lowest BCUT2D eigenvalue weighted by molar-refractivity contribution is -0.130. The number of rotatable bonds is 8. The van der Waals surface area contributed by atoms with Crippen LogP contribution < -0.4 is 0 Å². The van der Waals surface area contributed by atoms with Crippen molar-refractivity contribution in [3.8, 4) is 0 Å². The average molecular weight is 482 g/mol. The highest BCUT2D eigenvalue weighted by Crippen LogP contribution is 2.22. The number of hydrogen-bond acceptors (Lipinski definition) is 4. The summed E-state index contributed by atoms with van der Waals surface area (Å²) in [7, 11) is 0. The van der Waals surface area contributed by atoms with E-state index < -0.39 is 5.97 Å². The summed E-state index contributed by atoms with van der Waals surface area (Å²) in [6, 6.07) is 25.2. The Hall–Kier alpha value is -3.96. The van der Waals surface area contributed by atoms with Gasteiger partial charge in [-0.05, 0) is 59.0 Å². The summed E-state index contributed by atoms with van der Waals surface area (Å²) in [5.41, 5.74) is 6.58. The van der Waals surface area contributed by atoms with Crippen molar-refractivity contribution >= 4 is 22.6 Å². The summed E-state index contributed by atoms with van der Waals surface area (Å²) in [4.78, 5) is 26.9. The maximum absolute atomic E-state index is 12.8. The minimum atomic E-state index is -0.407. The Labute approximate surface area is 212 Å². The van der Waals surface area contributed by atoms with Crippen LogP contribution in [0.25, 0.3) is 10.8 Å². The maximum Gasteiger partial charge on any atom is 0.339 e. The van der Waals surface area contributed by atoms with Crippen LogP contribution in [-0.2, 0) is 35.8 Å². The molecular formula is C31H31NO4. The summed E-state index contributed by atoms with van der Waals surface area (Å²) in [5, 5.41) is 11.1. The third-order valence-electron chi connectivity index (χ3n) is 6.22. The molecular weight excluding hydrogens is 450 g/mol. The normalized spacial score (nSPS) is 10.9. The van der Waals surface area contributed by atoms with Crippen molar-refractivity contribution in [2.75, 3.05) is 0 Å². The summed E-state index contributed by atoms with van der Waals surface area (Å²) >= 11 is 0. The first-order valence-corrected chi connectivity index (χ1v) is 12.0. The highest BCUT2D eigenvalue weighted by atomic mass is 16.5. The van der Waals surface area contributed by atoms with Crippen LogP contribution in [0.4, 0.5) is 0 Å². The molecule has 0 fully saturated rings. The highest BCUT2D eigenvalue weighted by molar-refractivity contribution is 6.04. The number of aryl methyl sites for hydroxylation is 2. The molecule has 1 amide bonds. The molecule has 5 nitrogen and oxygen atoms in total. The Balaban J connectivity index is 1.40. The van der Waals surface area contributed by atoms with Crippen LogP contribution in [0.3, 0.4) is 0 Å². The standard InChI is InChI=1S/C31H31NO4/c1-21-13-22(2)15-27(14-21)18-32(23(3)34)17-24-7-9-25(10-8-24)20-36-31(35)29-6-4-5-28-12-11-26(19-33)16-30(28)29/h4-16,33H,17-20H2,1-3H3. The van der Waals surface area contributed by atoms with Gasteiger partial charge in [-0.15, -0.1) is 0 Å². The molecule has 0 spiro atoms. The first-order chi connectivity index (χ1) is 17.3. The third kappa shape index (κ3) is 6.18. The van der Waals surface area contributed by atoms with Crippen molar-refractivity contribution in [1.82, 2.24) is 4.90 Å². The third-order valence-corrected chi connectivity index (χ3v) is 6.22. The lowest BCUT2D eigenvalue weighted by atomic mass is 10.0. The fourth-order valence-corrected chi connectivity index (χ4v) is 4.44. The van der Waals surface area contributed by atoms with Crippen molar-refractivity contribution in [2.45, 2.75) is 47.1 Å². The van der Waals surface area contributed by atoms with Crippen LogP contribution in [0.2, 0.25) is 0 Å². The number of hydrogen-bond donors (Lipinski definition) is 1. The van der Waals surface area contributed by atoms with E-state index in [1.165, 1.54) is 11.1 Å². The van der Waals surface area contributed by atoms with E-state index in [2.05, 4.69) is 32.0 Å². The van der Waals surface area contributed by atoms with Gasteiger partial charge in [0.15, 0.2) is 0 Å². The van der Waals surface area contributed by atoms with E-state index >= 15 is 0 Å². The molecule has 0 aliphatic carbocycles. The van der Waals surface area contributed by atoms with Crippen LogP contribution in [-0.4, -0.2) is 21.9 Å². The summed E-state index contributed by atoms with van der Waals surface area (Å²) in [5.74, 6) is -0.387. The number of ether oxygens (including phenoxy) is 1. The van der Waals surface area contributed by atoms with Crippen LogP contribution in [0.15, 0.2) is 78.9 Å². The van der Waals surface area contributed by atoms with Gasteiger partial charge in [0, 0.05) is 20.0 Å². The van der Waals surface area contributed by atoms with Gasteiger partial charge in [-0.2, -0.15) is 0 Å². The van der Waals surface area contributed by atoms with Gasteiger partial charge in [0.25, 0.3) is 0 Å². The number of amides is 1. The smallest absolute Gasteiger partial charge is 0.339 e. The highest BCUT2D eigenvalue weighted by Gasteiger charge is 2.14. The summed E-state index contributed by atoms with van der Waals surface area (Å²) in [6.45, 7) is 6.84. The van der Waals surface area contributed by atoms with Crippen molar-refractivity contribution in [3.63, 3.8) is 0 Å². The average Bonchev–Trinajstić information content (AvgIpc) is 2.86. The van der Waals surface area contributed by atoms with E-state index in [9.17, 15) is 14.7 Å². The van der Waals surface area contributed by atoms with E-state index in [0.29, 0.717) is 18.7 Å². The number of aliphatic hydroxyl groups excluding tert-OH is 1. The quantitative estimate of drug-likeness (QED) is 0.320. The topological polar surface area (TPSA) is 66.8 Å². The number of carbonyl (C=O) groups excluding carboxylic acids is 2. The van der Waals surface area contributed by atoms with E-state index in [0.717, 1.165) is 33.0 Å². The van der Waals surface area contributed by atoms with Gasteiger partial charge < -0.3 is 14.7 Å². The van der Waals surface area contributed by atoms with Crippen molar-refractivity contribution in [1.29, 1.82) is 0 Å². The Kier molecular flexibility index (Phi) is 7.81. The minimum Gasteiger partial charge on any atom is -0.457 e. The second kappa shape index (κ2) is 11.2. The Morgan fingerprint density at radius 1 is 0.778 bits per heavy atom. The zero-order valence-electron chi connectivity index (χ0n) is 21.0. The lowest BCUT2D eigenvalue weighted by Crippen LogP contribution is -2.27. The maximum atomic E-state index is 12.8. The summed E-state index contributed by atoms with van der Waals surface area (Å²) in [6.07, 6.45) is 0. The molecule has 4 rings (SSSR count). The number of nitrogens with zero attached hydrogens (tertiary/aromatic N) is 1. The van der Waals surface area contributed by atoms with Gasteiger partial charge >= 0.3 is 5.97 Å². The SMILES string of the molecule is CC(=O)N(Cc1ccc(COC(=O)c2cccc3ccc(CO)cc23)cc1)Cc1cc(C)cc(C)c1. The van der Waals surface area contributed by atoms with Gasteiger partial charge in [-0.1, -0.05) is 77.9 Å². The molecule has 0 unspecified atom stereocenters. The molecule has 0 aliphatic rings. The number of fused-ring (bicyclic) bond motifs is 1. The van der Waals surface area contributed by atoms with Crippen LogP contribution in [0.1, 0.15) is 50.7 Å². The molecule has 0 bridgehead atoms. The second-order valence-corrected chi connectivity index (χ2v) is 9.28. The summed E-state index contributed by atoms with van der Waals surface area (Å²) < 4.78 is 5.59.